The number of aliphatic imine (C=N–C) groups is 1. The molecule has 3 atom stereocenters. The normalized spacial score (nSPS) is 29.2. The molecular formula is C15H30N4O. The molecule has 2 N–H and O–H groups in total. The summed E-state index contributed by atoms with van der Waals surface area (Å²) in [5, 5.41) is 6.90. The lowest BCUT2D eigenvalue weighted by Crippen LogP contribution is -2.47. The number of ether oxygens (including phenoxy) is 1. The highest BCUT2D eigenvalue weighted by atomic mass is 16.5. The van der Waals surface area contributed by atoms with Crippen molar-refractivity contribution in [2.45, 2.75) is 58.3 Å². The first-order chi connectivity index (χ1) is 9.76. The third-order valence-corrected chi connectivity index (χ3v) is 4.35. The Labute approximate surface area is 123 Å². The molecule has 2 aliphatic heterocycles. The van der Waals surface area contributed by atoms with E-state index in [1.165, 1.54) is 12.8 Å². The van der Waals surface area contributed by atoms with E-state index < -0.39 is 0 Å². The van der Waals surface area contributed by atoms with Crippen LogP contribution in [-0.4, -0.2) is 61.8 Å². The fourth-order valence-electron chi connectivity index (χ4n) is 3.13. The van der Waals surface area contributed by atoms with Crippen LogP contribution in [0.15, 0.2) is 4.99 Å². The second-order valence-electron chi connectivity index (χ2n) is 5.65. The van der Waals surface area contributed by atoms with Crippen molar-refractivity contribution in [3.05, 3.63) is 0 Å². The molecule has 2 bridgehead atoms. The van der Waals surface area contributed by atoms with Crippen LogP contribution in [-0.2, 0) is 4.74 Å². The molecule has 0 spiro atoms. The maximum absolute atomic E-state index is 5.89. The highest BCUT2D eigenvalue weighted by Gasteiger charge is 2.41. The van der Waals surface area contributed by atoms with Gasteiger partial charge in [-0.05, 0) is 39.3 Å². The van der Waals surface area contributed by atoms with Gasteiger partial charge in [0.2, 0.25) is 0 Å². The van der Waals surface area contributed by atoms with Crippen LogP contribution in [0.25, 0.3) is 0 Å². The van der Waals surface area contributed by atoms with Gasteiger partial charge in [0.1, 0.15) is 0 Å². The molecular weight excluding hydrogens is 252 g/mol. The van der Waals surface area contributed by atoms with Crippen molar-refractivity contribution < 1.29 is 4.74 Å². The number of rotatable bonds is 7. The van der Waals surface area contributed by atoms with Crippen LogP contribution < -0.4 is 10.6 Å². The van der Waals surface area contributed by atoms with Crippen LogP contribution >= 0.6 is 0 Å². The first-order valence-electron chi connectivity index (χ1n) is 8.19. The molecule has 5 nitrogen and oxygen atoms in total. The minimum atomic E-state index is 0.395. The Morgan fingerprint density at radius 1 is 1.25 bits per heavy atom. The lowest BCUT2D eigenvalue weighted by atomic mass is 9.96. The Morgan fingerprint density at radius 3 is 2.60 bits per heavy atom. The summed E-state index contributed by atoms with van der Waals surface area (Å²) < 4.78 is 5.89. The minimum Gasteiger partial charge on any atom is -0.373 e. The van der Waals surface area contributed by atoms with Crippen molar-refractivity contribution in [3.8, 4) is 0 Å². The summed E-state index contributed by atoms with van der Waals surface area (Å²) in [6, 6.07) is 0.444. The number of nitrogens with zero attached hydrogens (tertiary/aromatic N) is 2. The molecule has 2 heterocycles. The van der Waals surface area contributed by atoms with Crippen LogP contribution in [0, 0.1) is 0 Å². The number of hydrogen-bond donors (Lipinski definition) is 2. The largest absolute Gasteiger partial charge is 0.373 e. The second kappa shape index (κ2) is 7.84. The zero-order valence-electron chi connectivity index (χ0n) is 13.2. The molecule has 5 heteroatoms. The van der Waals surface area contributed by atoms with Crippen molar-refractivity contribution in [3.63, 3.8) is 0 Å². The maximum atomic E-state index is 5.89. The molecule has 20 heavy (non-hydrogen) atoms. The maximum Gasteiger partial charge on any atom is 0.191 e. The summed E-state index contributed by atoms with van der Waals surface area (Å²) in [6.45, 7) is 11.5. The topological polar surface area (TPSA) is 48.9 Å². The number of fused-ring (bicyclic) bond motifs is 2. The molecule has 2 rings (SSSR count). The van der Waals surface area contributed by atoms with Crippen LogP contribution in [0.1, 0.15) is 40.0 Å². The van der Waals surface area contributed by atoms with Gasteiger partial charge in [0, 0.05) is 13.1 Å². The van der Waals surface area contributed by atoms with Crippen molar-refractivity contribution in [2.75, 3.05) is 32.7 Å². The molecule has 2 fully saturated rings. The molecule has 0 radical (unpaired) electrons. The lowest BCUT2D eigenvalue weighted by molar-refractivity contribution is 0.0992. The Bertz CT molecular complexity index is 317. The first-order valence-corrected chi connectivity index (χ1v) is 8.19. The number of nitrogens with one attached hydrogen (secondary N) is 2. The SMILES string of the molecule is CCNC(=NCCN(CC)CC)NC1CC2CCC1O2. The summed E-state index contributed by atoms with van der Waals surface area (Å²) in [7, 11) is 0. The molecule has 0 amide bonds. The van der Waals surface area contributed by atoms with E-state index in [4.69, 9.17) is 9.73 Å². The number of hydrogen-bond acceptors (Lipinski definition) is 3. The van der Waals surface area contributed by atoms with Gasteiger partial charge in [-0.3, -0.25) is 4.99 Å². The van der Waals surface area contributed by atoms with E-state index in [1.807, 2.05) is 0 Å². The zero-order chi connectivity index (χ0) is 14.4. The Balaban J connectivity index is 1.80. The van der Waals surface area contributed by atoms with Gasteiger partial charge < -0.3 is 20.3 Å². The quantitative estimate of drug-likeness (QED) is 0.544. The Hall–Kier alpha value is -0.810. The van der Waals surface area contributed by atoms with Gasteiger partial charge in [-0.25, -0.2) is 0 Å². The van der Waals surface area contributed by atoms with Crippen LogP contribution in [0.4, 0.5) is 0 Å². The fraction of sp³-hybridized carbons (Fsp3) is 0.933. The zero-order valence-corrected chi connectivity index (χ0v) is 13.2. The van der Waals surface area contributed by atoms with E-state index in [9.17, 15) is 0 Å². The lowest BCUT2D eigenvalue weighted by Gasteiger charge is -2.23. The van der Waals surface area contributed by atoms with E-state index in [0.717, 1.165) is 45.1 Å². The Kier molecular flexibility index (Phi) is 6.10. The van der Waals surface area contributed by atoms with E-state index in [2.05, 4.69) is 36.3 Å². The predicted octanol–water partition coefficient (Wildman–Crippen LogP) is 1.20. The molecule has 2 saturated heterocycles. The average molecular weight is 282 g/mol. The second-order valence-corrected chi connectivity index (χ2v) is 5.65. The van der Waals surface area contributed by atoms with E-state index in [1.54, 1.807) is 0 Å². The van der Waals surface area contributed by atoms with Crippen molar-refractivity contribution in [1.82, 2.24) is 15.5 Å². The highest BCUT2D eigenvalue weighted by Crippen LogP contribution is 2.34. The summed E-state index contributed by atoms with van der Waals surface area (Å²) in [5.41, 5.74) is 0. The molecule has 116 valence electrons. The smallest absolute Gasteiger partial charge is 0.191 e. The summed E-state index contributed by atoms with van der Waals surface area (Å²) >= 11 is 0. The van der Waals surface area contributed by atoms with E-state index in [0.29, 0.717) is 18.2 Å². The van der Waals surface area contributed by atoms with Gasteiger partial charge >= 0.3 is 0 Å². The van der Waals surface area contributed by atoms with Gasteiger partial charge in [-0.1, -0.05) is 13.8 Å². The van der Waals surface area contributed by atoms with Crippen LogP contribution in [0.5, 0.6) is 0 Å². The molecule has 0 aromatic heterocycles. The summed E-state index contributed by atoms with van der Waals surface area (Å²) in [4.78, 5) is 7.09. The van der Waals surface area contributed by atoms with Crippen LogP contribution in [0.3, 0.4) is 0 Å². The highest BCUT2D eigenvalue weighted by molar-refractivity contribution is 5.80. The molecule has 2 aliphatic rings. The minimum absolute atomic E-state index is 0.395. The van der Waals surface area contributed by atoms with E-state index in [-0.39, 0.29) is 0 Å². The molecule has 0 aliphatic carbocycles. The average Bonchev–Trinajstić information content (AvgIpc) is 3.06. The van der Waals surface area contributed by atoms with Crippen molar-refractivity contribution in [1.29, 1.82) is 0 Å². The third-order valence-electron chi connectivity index (χ3n) is 4.35. The Morgan fingerprint density at radius 2 is 2.05 bits per heavy atom. The molecule has 3 unspecified atom stereocenters. The number of likely N-dealkylation sites (N-methyl/N-ethyl adjacent to an activating group) is 1. The fourth-order valence-corrected chi connectivity index (χ4v) is 3.13. The molecule has 0 aromatic carbocycles. The van der Waals surface area contributed by atoms with Gasteiger partial charge in [-0.2, -0.15) is 0 Å². The van der Waals surface area contributed by atoms with Gasteiger partial charge in [0.25, 0.3) is 0 Å². The summed E-state index contributed by atoms with van der Waals surface area (Å²) in [5.74, 6) is 0.945. The number of guanidine groups is 1. The van der Waals surface area contributed by atoms with Crippen molar-refractivity contribution >= 4 is 5.96 Å². The predicted molar refractivity (Wildman–Crippen MR) is 83.2 cm³/mol. The standard InChI is InChI=1S/C15H30N4O/c1-4-16-15(17-9-10-19(5-2)6-3)18-13-11-12-7-8-14(13)20-12/h12-14H,4-11H2,1-3H3,(H2,16,17,18). The van der Waals surface area contributed by atoms with Crippen LogP contribution in [0.2, 0.25) is 0 Å². The molecule has 0 saturated carbocycles. The molecule has 0 aromatic rings. The van der Waals surface area contributed by atoms with Crippen molar-refractivity contribution in [2.24, 2.45) is 4.99 Å². The van der Waals surface area contributed by atoms with Gasteiger partial charge in [-0.15, -0.1) is 0 Å². The summed E-state index contributed by atoms with van der Waals surface area (Å²) in [6.07, 6.45) is 4.44. The van der Waals surface area contributed by atoms with Gasteiger partial charge in [0.15, 0.2) is 5.96 Å². The van der Waals surface area contributed by atoms with E-state index >= 15 is 0 Å². The van der Waals surface area contributed by atoms with Gasteiger partial charge in [0.05, 0.1) is 24.8 Å². The first kappa shape index (κ1) is 15.6. The monoisotopic (exact) mass is 282 g/mol. The third kappa shape index (κ3) is 4.09.